The van der Waals surface area contributed by atoms with Gasteiger partial charge in [0, 0.05) is 26.1 Å². The molecule has 2 rings (SSSR count). The quantitative estimate of drug-likeness (QED) is 0.921. The molecule has 1 aliphatic heterocycles. The molecule has 0 spiro atoms. The average molecular weight is 280 g/mol. The van der Waals surface area contributed by atoms with Crippen molar-refractivity contribution >= 4 is 5.69 Å². The van der Waals surface area contributed by atoms with Crippen LogP contribution in [0.4, 0.5) is 10.1 Å². The van der Waals surface area contributed by atoms with Crippen LogP contribution >= 0.6 is 0 Å². The van der Waals surface area contributed by atoms with Gasteiger partial charge in [-0.3, -0.25) is 0 Å². The molecule has 1 aliphatic rings. The van der Waals surface area contributed by atoms with Gasteiger partial charge in [0.1, 0.15) is 5.82 Å². The van der Waals surface area contributed by atoms with Crippen molar-refractivity contribution in [3.8, 4) is 0 Å². The topological polar surface area (TPSA) is 38.5 Å². The first kappa shape index (κ1) is 15.3. The Morgan fingerprint density at radius 3 is 2.60 bits per heavy atom. The number of hydrogen-bond donors (Lipinski definition) is 1. The maximum atomic E-state index is 14.2. The summed E-state index contributed by atoms with van der Waals surface area (Å²) in [5.41, 5.74) is 6.28. The minimum atomic E-state index is -0.237. The van der Waals surface area contributed by atoms with E-state index in [1.165, 1.54) is 6.07 Å². The van der Waals surface area contributed by atoms with Crippen LogP contribution < -0.4 is 10.6 Å². The Balaban J connectivity index is 2.40. The second-order valence-corrected chi connectivity index (χ2v) is 6.16. The standard InChI is InChI=1S/C16H25FN2O/c1-4-19(14-8-6-5-7-13(14)17)16(12-18)9-10-20-15(2,3)11-16/h5-8H,4,9-12,18H2,1-3H3. The zero-order valence-electron chi connectivity index (χ0n) is 12.7. The number of halogens is 1. The van der Waals surface area contributed by atoms with Crippen molar-refractivity contribution in [2.75, 3.05) is 24.6 Å². The molecule has 1 atom stereocenters. The van der Waals surface area contributed by atoms with Crippen LogP contribution in [0.2, 0.25) is 0 Å². The Bertz CT molecular complexity index is 464. The molecule has 20 heavy (non-hydrogen) atoms. The molecule has 0 radical (unpaired) electrons. The molecule has 0 amide bonds. The van der Waals surface area contributed by atoms with E-state index in [0.29, 0.717) is 18.8 Å². The van der Waals surface area contributed by atoms with E-state index in [1.54, 1.807) is 6.07 Å². The summed E-state index contributed by atoms with van der Waals surface area (Å²) in [5, 5.41) is 0. The molecule has 1 aromatic rings. The highest BCUT2D eigenvalue weighted by Gasteiger charge is 2.44. The molecule has 4 heteroatoms. The Hall–Kier alpha value is -1.13. The van der Waals surface area contributed by atoms with Gasteiger partial charge in [-0.2, -0.15) is 0 Å². The van der Waals surface area contributed by atoms with Crippen LogP contribution in [0.1, 0.15) is 33.6 Å². The fourth-order valence-electron chi connectivity index (χ4n) is 3.40. The van der Waals surface area contributed by atoms with Gasteiger partial charge < -0.3 is 15.4 Å². The van der Waals surface area contributed by atoms with Crippen LogP contribution in [0.15, 0.2) is 24.3 Å². The van der Waals surface area contributed by atoms with Gasteiger partial charge in [0.25, 0.3) is 0 Å². The van der Waals surface area contributed by atoms with Gasteiger partial charge in [0.2, 0.25) is 0 Å². The SMILES string of the molecule is CCN(c1ccccc1F)C1(CN)CCOC(C)(C)C1. The van der Waals surface area contributed by atoms with Crippen LogP contribution in [0.3, 0.4) is 0 Å². The number of nitrogens with zero attached hydrogens (tertiary/aromatic N) is 1. The molecule has 0 aliphatic carbocycles. The molecule has 1 aromatic carbocycles. The molecular weight excluding hydrogens is 255 g/mol. The van der Waals surface area contributed by atoms with E-state index in [-0.39, 0.29) is 17.0 Å². The summed E-state index contributed by atoms with van der Waals surface area (Å²) in [6.07, 6.45) is 1.63. The summed E-state index contributed by atoms with van der Waals surface area (Å²) in [7, 11) is 0. The third-order valence-electron chi connectivity index (χ3n) is 4.23. The van der Waals surface area contributed by atoms with Crippen molar-refractivity contribution in [3.63, 3.8) is 0 Å². The van der Waals surface area contributed by atoms with Crippen LogP contribution in [0.25, 0.3) is 0 Å². The van der Waals surface area contributed by atoms with E-state index in [2.05, 4.69) is 18.7 Å². The van der Waals surface area contributed by atoms with E-state index >= 15 is 0 Å². The monoisotopic (exact) mass is 280 g/mol. The Kier molecular flexibility index (Phi) is 4.35. The number of benzene rings is 1. The Morgan fingerprint density at radius 1 is 1.35 bits per heavy atom. The van der Waals surface area contributed by atoms with E-state index in [1.807, 2.05) is 19.1 Å². The van der Waals surface area contributed by atoms with E-state index in [0.717, 1.165) is 19.4 Å². The van der Waals surface area contributed by atoms with Crippen LogP contribution in [0.5, 0.6) is 0 Å². The van der Waals surface area contributed by atoms with Crippen molar-refractivity contribution in [2.24, 2.45) is 5.73 Å². The maximum absolute atomic E-state index is 14.2. The van der Waals surface area contributed by atoms with Gasteiger partial charge in [-0.15, -0.1) is 0 Å². The zero-order valence-corrected chi connectivity index (χ0v) is 12.7. The maximum Gasteiger partial charge on any atom is 0.146 e. The summed E-state index contributed by atoms with van der Waals surface area (Å²) in [5.74, 6) is -0.188. The Morgan fingerprint density at radius 2 is 2.05 bits per heavy atom. The van der Waals surface area contributed by atoms with Gasteiger partial charge in [0.05, 0.1) is 16.8 Å². The van der Waals surface area contributed by atoms with Gasteiger partial charge in [-0.25, -0.2) is 4.39 Å². The number of anilines is 1. The molecule has 0 saturated carbocycles. The van der Waals surface area contributed by atoms with Crippen molar-refractivity contribution in [1.29, 1.82) is 0 Å². The third kappa shape index (κ3) is 2.81. The molecular formula is C16H25FN2O. The lowest BCUT2D eigenvalue weighted by Crippen LogP contribution is -2.61. The molecule has 1 unspecified atom stereocenters. The van der Waals surface area contributed by atoms with Crippen LogP contribution in [-0.2, 0) is 4.74 Å². The second-order valence-electron chi connectivity index (χ2n) is 6.16. The van der Waals surface area contributed by atoms with Crippen molar-refractivity contribution < 1.29 is 9.13 Å². The van der Waals surface area contributed by atoms with Gasteiger partial charge in [-0.1, -0.05) is 12.1 Å². The Labute approximate surface area is 120 Å². The third-order valence-corrected chi connectivity index (χ3v) is 4.23. The molecule has 3 nitrogen and oxygen atoms in total. The lowest BCUT2D eigenvalue weighted by atomic mass is 9.79. The fraction of sp³-hybridized carbons (Fsp3) is 0.625. The number of para-hydroxylation sites is 1. The molecule has 1 saturated heterocycles. The van der Waals surface area contributed by atoms with E-state index < -0.39 is 0 Å². The summed E-state index contributed by atoms with van der Waals surface area (Å²) in [4.78, 5) is 2.12. The molecule has 112 valence electrons. The molecule has 1 fully saturated rings. The molecule has 0 bridgehead atoms. The summed E-state index contributed by atoms with van der Waals surface area (Å²) in [6, 6.07) is 6.93. The summed E-state index contributed by atoms with van der Waals surface area (Å²) in [6.45, 7) is 8.09. The average Bonchev–Trinajstić information content (AvgIpc) is 2.40. The fourth-order valence-corrected chi connectivity index (χ4v) is 3.40. The van der Waals surface area contributed by atoms with Crippen LogP contribution in [0, 0.1) is 5.82 Å². The highest BCUT2D eigenvalue weighted by molar-refractivity contribution is 5.50. The molecule has 1 heterocycles. The molecule has 2 N–H and O–H groups in total. The largest absolute Gasteiger partial charge is 0.375 e. The minimum Gasteiger partial charge on any atom is -0.375 e. The minimum absolute atomic E-state index is 0.188. The van der Waals surface area contributed by atoms with Crippen molar-refractivity contribution in [2.45, 2.75) is 44.8 Å². The summed E-state index contributed by atoms with van der Waals surface area (Å²) < 4.78 is 20.0. The number of likely N-dealkylation sites (N-methyl/N-ethyl adjacent to an activating group) is 1. The predicted octanol–water partition coefficient (Wildman–Crippen LogP) is 2.94. The molecule has 0 aromatic heterocycles. The first-order valence-corrected chi connectivity index (χ1v) is 7.30. The highest BCUT2D eigenvalue weighted by Crippen LogP contribution is 2.39. The van der Waals surface area contributed by atoms with Gasteiger partial charge in [-0.05, 0) is 39.3 Å². The van der Waals surface area contributed by atoms with E-state index in [9.17, 15) is 4.39 Å². The van der Waals surface area contributed by atoms with Gasteiger partial charge in [0.15, 0.2) is 0 Å². The first-order valence-electron chi connectivity index (χ1n) is 7.30. The van der Waals surface area contributed by atoms with E-state index in [4.69, 9.17) is 10.5 Å². The van der Waals surface area contributed by atoms with Crippen LogP contribution in [-0.4, -0.2) is 30.8 Å². The number of nitrogens with two attached hydrogens (primary N) is 1. The van der Waals surface area contributed by atoms with Crippen molar-refractivity contribution in [1.82, 2.24) is 0 Å². The van der Waals surface area contributed by atoms with Gasteiger partial charge >= 0.3 is 0 Å². The normalized spacial score (nSPS) is 25.4. The highest BCUT2D eigenvalue weighted by atomic mass is 19.1. The number of hydrogen-bond acceptors (Lipinski definition) is 3. The van der Waals surface area contributed by atoms with Crippen molar-refractivity contribution in [3.05, 3.63) is 30.1 Å². The predicted molar refractivity (Wildman–Crippen MR) is 80.5 cm³/mol. The lowest BCUT2D eigenvalue weighted by molar-refractivity contribution is -0.0793. The number of ether oxygens (including phenoxy) is 1. The second kappa shape index (κ2) is 5.70. The number of rotatable bonds is 4. The zero-order chi connectivity index (χ0) is 14.8. The lowest BCUT2D eigenvalue weighted by Gasteiger charge is -2.51. The smallest absolute Gasteiger partial charge is 0.146 e. The summed E-state index contributed by atoms with van der Waals surface area (Å²) >= 11 is 0. The first-order chi connectivity index (χ1) is 9.44.